The Labute approximate surface area is 85.1 Å². The molecular formula is C11H17N3. The highest BCUT2D eigenvalue weighted by Crippen LogP contribution is 2.16. The van der Waals surface area contributed by atoms with Crippen molar-refractivity contribution in [3.63, 3.8) is 0 Å². The normalized spacial score (nSPS) is 22.6. The molecule has 1 aromatic heterocycles. The van der Waals surface area contributed by atoms with E-state index in [2.05, 4.69) is 29.2 Å². The smallest absolute Gasteiger partial charge is 0.0559 e. The topological polar surface area (TPSA) is 28.2 Å². The summed E-state index contributed by atoms with van der Waals surface area (Å²) in [6, 6.07) is 2.63. The van der Waals surface area contributed by atoms with E-state index >= 15 is 0 Å². The van der Waals surface area contributed by atoms with Gasteiger partial charge in [-0.1, -0.05) is 0 Å². The van der Waals surface area contributed by atoms with Gasteiger partial charge in [-0.2, -0.15) is 0 Å². The van der Waals surface area contributed by atoms with E-state index in [4.69, 9.17) is 0 Å². The summed E-state index contributed by atoms with van der Waals surface area (Å²) in [5.41, 5.74) is 2.45. The lowest BCUT2D eigenvalue weighted by Gasteiger charge is -2.15. The van der Waals surface area contributed by atoms with Crippen molar-refractivity contribution in [2.45, 2.75) is 19.4 Å². The zero-order chi connectivity index (χ0) is 9.97. The monoisotopic (exact) mass is 191 g/mol. The van der Waals surface area contributed by atoms with Gasteiger partial charge in [-0.05, 0) is 38.6 Å². The molecule has 1 unspecified atom stereocenters. The predicted molar refractivity (Wildman–Crippen MR) is 58.5 cm³/mol. The van der Waals surface area contributed by atoms with Crippen molar-refractivity contribution in [2.24, 2.45) is 0 Å². The van der Waals surface area contributed by atoms with E-state index in [-0.39, 0.29) is 0 Å². The minimum absolute atomic E-state index is 0.586. The Bertz CT molecular complexity index is 311. The number of nitrogens with one attached hydrogen (secondary N) is 1. The van der Waals surface area contributed by atoms with Crippen molar-refractivity contribution in [3.05, 3.63) is 24.0 Å². The van der Waals surface area contributed by atoms with Crippen LogP contribution < -0.4 is 5.32 Å². The van der Waals surface area contributed by atoms with Crippen LogP contribution in [0.2, 0.25) is 0 Å². The van der Waals surface area contributed by atoms with Gasteiger partial charge in [0.25, 0.3) is 0 Å². The number of hydrogen-bond acceptors (Lipinski definition) is 3. The Morgan fingerprint density at radius 1 is 1.57 bits per heavy atom. The van der Waals surface area contributed by atoms with Gasteiger partial charge in [0, 0.05) is 18.8 Å². The average molecular weight is 191 g/mol. The molecule has 0 aromatic carbocycles. The lowest BCUT2D eigenvalue weighted by molar-refractivity contribution is 0.414. The van der Waals surface area contributed by atoms with Gasteiger partial charge < -0.3 is 10.2 Å². The first kappa shape index (κ1) is 9.46. The second-order valence-electron chi connectivity index (χ2n) is 4.08. The van der Waals surface area contributed by atoms with Crippen LogP contribution in [0.4, 0.5) is 5.69 Å². The fraction of sp³-hybridized carbons (Fsp3) is 0.545. The van der Waals surface area contributed by atoms with Crippen molar-refractivity contribution in [2.75, 3.05) is 25.5 Å². The molecule has 1 aromatic rings. The molecule has 1 aliphatic rings. The van der Waals surface area contributed by atoms with Crippen LogP contribution in [0, 0.1) is 6.92 Å². The molecule has 1 atom stereocenters. The Kier molecular flexibility index (Phi) is 2.68. The minimum atomic E-state index is 0.586. The Morgan fingerprint density at radius 3 is 3.07 bits per heavy atom. The van der Waals surface area contributed by atoms with Gasteiger partial charge in [-0.3, -0.25) is 4.98 Å². The van der Waals surface area contributed by atoms with E-state index < -0.39 is 0 Å². The SMILES string of the molecule is Cc1ccncc1NC1CCN(C)C1. The highest BCUT2D eigenvalue weighted by atomic mass is 15.2. The maximum absolute atomic E-state index is 4.13. The molecule has 3 heteroatoms. The van der Waals surface area contributed by atoms with Crippen molar-refractivity contribution in [1.82, 2.24) is 9.88 Å². The number of likely N-dealkylation sites (N-methyl/N-ethyl adjacent to an activating group) is 1. The summed E-state index contributed by atoms with van der Waals surface area (Å²) in [4.78, 5) is 6.48. The van der Waals surface area contributed by atoms with Crippen LogP contribution in [0.15, 0.2) is 18.5 Å². The summed E-state index contributed by atoms with van der Waals surface area (Å²) in [7, 11) is 2.16. The third-order valence-corrected chi connectivity index (χ3v) is 2.79. The van der Waals surface area contributed by atoms with Gasteiger partial charge in [0.2, 0.25) is 0 Å². The summed E-state index contributed by atoms with van der Waals surface area (Å²) in [5, 5.41) is 3.54. The van der Waals surface area contributed by atoms with Crippen LogP contribution in [0.3, 0.4) is 0 Å². The number of nitrogens with zero attached hydrogens (tertiary/aromatic N) is 2. The summed E-state index contributed by atoms with van der Waals surface area (Å²) < 4.78 is 0. The van der Waals surface area contributed by atoms with Crippen LogP contribution in [0.5, 0.6) is 0 Å². The van der Waals surface area contributed by atoms with E-state index in [1.165, 1.54) is 24.2 Å². The zero-order valence-corrected chi connectivity index (χ0v) is 8.83. The van der Waals surface area contributed by atoms with Gasteiger partial charge in [-0.25, -0.2) is 0 Å². The number of pyridine rings is 1. The molecule has 2 rings (SSSR count). The molecule has 76 valence electrons. The molecular weight excluding hydrogens is 174 g/mol. The molecule has 0 saturated carbocycles. The molecule has 0 spiro atoms. The lowest BCUT2D eigenvalue weighted by Crippen LogP contribution is -2.23. The van der Waals surface area contributed by atoms with E-state index in [1.807, 2.05) is 18.5 Å². The summed E-state index contributed by atoms with van der Waals surface area (Å²) >= 11 is 0. The molecule has 1 saturated heterocycles. The number of likely N-dealkylation sites (tertiary alicyclic amines) is 1. The summed E-state index contributed by atoms with van der Waals surface area (Å²) in [6.45, 7) is 4.44. The van der Waals surface area contributed by atoms with E-state index in [9.17, 15) is 0 Å². The van der Waals surface area contributed by atoms with E-state index in [1.54, 1.807) is 0 Å². The van der Waals surface area contributed by atoms with Crippen molar-refractivity contribution < 1.29 is 0 Å². The fourth-order valence-electron chi connectivity index (χ4n) is 1.89. The van der Waals surface area contributed by atoms with E-state index in [0.29, 0.717) is 6.04 Å². The first-order valence-corrected chi connectivity index (χ1v) is 5.11. The van der Waals surface area contributed by atoms with Gasteiger partial charge >= 0.3 is 0 Å². The zero-order valence-electron chi connectivity index (χ0n) is 8.83. The van der Waals surface area contributed by atoms with Gasteiger partial charge in [0.05, 0.1) is 11.9 Å². The van der Waals surface area contributed by atoms with Crippen molar-refractivity contribution in [1.29, 1.82) is 0 Å². The third-order valence-electron chi connectivity index (χ3n) is 2.79. The molecule has 0 bridgehead atoms. The standard InChI is InChI=1S/C11H17N3/c1-9-3-5-12-7-11(9)13-10-4-6-14(2)8-10/h3,5,7,10,13H,4,6,8H2,1-2H3. The molecule has 14 heavy (non-hydrogen) atoms. The highest BCUT2D eigenvalue weighted by Gasteiger charge is 2.19. The number of hydrogen-bond donors (Lipinski definition) is 1. The average Bonchev–Trinajstić information content (AvgIpc) is 2.56. The molecule has 3 nitrogen and oxygen atoms in total. The molecule has 0 radical (unpaired) electrons. The van der Waals surface area contributed by atoms with Gasteiger partial charge in [-0.15, -0.1) is 0 Å². The van der Waals surface area contributed by atoms with Gasteiger partial charge in [0.1, 0.15) is 0 Å². The number of rotatable bonds is 2. The third kappa shape index (κ3) is 2.04. The van der Waals surface area contributed by atoms with Crippen LogP contribution in [0.1, 0.15) is 12.0 Å². The Balaban J connectivity index is 2.01. The summed E-state index contributed by atoms with van der Waals surface area (Å²) in [5.74, 6) is 0. The minimum Gasteiger partial charge on any atom is -0.380 e. The highest BCUT2D eigenvalue weighted by molar-refractivity contribution is 5.48. The van der Waals surface area contributed by atoms with Crippen LogP contribution in [-0.2, 0) is 0 Å². The molecule has 1 aliphatic heterocycles. The second-order valence-corrected chi connectivity index (χ2v) is 4.08. The Morgan fingerprint density at radius 2 is 2.43 bits per heavy atom. The largest absolute Gasteiger partial charge is 0.380 e. The molecule has 0 amide bonds. The fourth-order valence-corrected chi connectivity index (χ4v) is 1.89. The first-order valence-electron chi connectivity index (χ1n) is 5.11. The van der Waals surface area contributed by atoms with E-state index in [0.717, 1.165) is 6.54 Å². The quantitative estimate of drug-likeness (QED) is 0.768. The van der Waals surface area contributed by atoms with Crippen molar-refractivity contribution in [3.8, 4) is 0 Å². The Hall–Kier alpha value is -1.09. The molecule has 2 heterocycles. The van der Waals surface area contributed by atoms with Gasteiger partial charge in [0.15, 0.2) is 0 Å². The molecule has 1 N–H and O–H groups in total. The van der Waals surface area contributed by atoms with Crippen LogP contribution >= 0.6 is 0 Å². The number of anilines is 1. The van der Waals surface area contributed by atoms with Crippen molar-refractivity contribution >= 4 is 5.69 Å². The number of aromatic nitrogens is 1. The van der Waals surface area contributed by atoms with Crippen LogP contribution in [0.25, 0.3) is 0 Å². The maximum atomic E-state index is 4.13. The van der Waals surface area contributed by atoms with Crippen LogP contribution in [-0.4, -0.2) is 36.1 Å². The predicted octanol–water partition coefficient (Wildman–Crippen LogP) is 1.51. The number of aryl methyl sites for hydroxylation is 1. The molecule has 1 fully saturated rings. The molecule has 0 aliphatic carbocycles. The maximum Gasteiger partial charge on any atom is 0.0559 e. The summed E-state index contributed by atoms with van der Waals surface area (Å²) in [6.07, 6.45) is 4.97. The lowest BCUT2D eigenvalue weighted by atomic mass is 10.2. The first-order chi connectivity index (χ1) is 6.75. The second kappa shape index (κ2) is 3.96.